The first-order chi connectivity index (χ1) is 12.6. The summed E-state index contributed by atoms with van der Waals surface area (Å²) in [6.07, 6.45) is 1.59. The van der Waals surface area contributed by atoms with Gasteiger partial charge in [0, 0.05) is 19.6 Å². The molecule has 1 amide bonds. The molecule has 0 aliphatic carbocycles. The summed E-state index contributed by atoms with van der Waals surface area (Å²) in [5.41, 5.74) is 4.62. The van der Waals surface area contributed by atoms with E-state index in [4.69, 9.17) is 0 Å². The second kappa shape index (κ2) is 7.17. The smallest absolute Gasteiger partial charge is 0.241 e. The Morgan fingerprint density at radius 2 is 1.96 bits per heavy atom. The SMILES string of the molecule is CC(C(=O)Nc1ccc2c(c1F)CCNC2)N1CCc2ccccc2C1. The van der Waals surface area contributed by atoms with Crippen LogP contribution in [0.5, 0.6) is 0 Å². The molecule has 4 nitrogen and oxygen atoms in total. The Kier molecular flexibility index (Phi) is 4.74. The highest BCUT2D eigenvalue weighted by Crippen LogP contribution is 2.25. The zero-order valence-electron chi connectivity index (χ0n) is 15.0. The molecule has 5 heteroatoms. The summed E-state index contributed by atoms with van der Waals surface area (Å²) >= 11 is 0. The molecule has 2 aliphatic rings. The third-order valence-corrected chi connectivity index (χ3v) is 5.55. The van der Waals surface area contributed by atoms with Crippen molar-refractivity contribution in [2.45, 2.75) is 38.9 Å². The summed E-state index contributed by atoms with van der Waals surface area (Å²) in [4.78, 5) is 14.9. The van der Waals surface area contributed by atoms with Crippen LogP contribution in [-0.2, 0) is 30.7 Å². The van der Waals surface area contributed by atoms with Crippen molar-refractivity contribution in [1.82, 2.24) is 10.2 Å². The molecule has 1 unspecified atom stereocenters. The molecule has 0 saturated carbocycles. The third kappa shape index (κ3) is 3.24. The van der Waals surface area contributed by atoms with Gasteiger partial charge in [-0.2, -0.15) is 0 Å². The zero-order chi connectivity index (χ0) is 18.1. The number of benzene rings is 2. The summed E-state index contributed by atoms with van der Waals surface area (Å²) in [6, 6.07) is 11.6. The third-order valence-electron chi connectivity index (χ3n) is 5.55. The largest absolute Gasteiger partial charge is 0.322 e. The standard InChI is InChI=1S/C21H24FN3O/c1-14(25-11-9-15-4-2-3-5-17(15)13-25)21(26)24-19-7-6-16-12-23-10-8-18(16)20(19)22/h2-7,14,23H,8-13H2,1H3,(H,24,26). The van der Waals surface area contributed by atoms with E-state index >= 15 is 0 Å². The van der Waals surface area contributed by atoms with Gasteiger partial charge in [0.05, 0.1) is 11.7 Å². The zero-order valence-corrected chi connectivity index (χ0v) is 15.0. The van der Waals surface area contributed by atoms with Crippen LogP contribution in [0.4, 0.5) is 10.1 Å². The van der Waals surface area contributed by atoms with E-state index in [-0.39, 0.29) is 17.8 Å². The van der Waals surface area contributed by atoms with E-state index in [1.54, 1.807) is 6.07 Å². The maximum Gasteiger partial charge on any atom is 0.241 e. The summed E-state index contributed by atoms with van der Waals surface area (Å²) < 4.78 is 14.8. The van der Waals surface area contributed by atoms with Gasteiger partial charge in [-0.15, -0.1) is 0 Å². The number of amides is 1. The topological polar surface area (TPSA) is 44.4 Å². The van der Waals surface area contributed by atoms with Crippen molar-refractivity contribution in [1.29, 1.82) is 0 Å². The first-order valence-electron chi connectivity index (χ1n) is 9.26. The fourth-order valence-corrected chi connectivity index (χ4v) is 3.88. The molecule has 2 aliphatic heterocycles. The predicted octanol–water partition coefficient (Wildman–Crippen LogP) is 2.86. The molecular weight excluding hydrogens is 329 g/mol. The minimum atomic E-state index is -0.305. The van der Waals surface area contributed by atoms with E-state index in [0.29, 0.717) is 18.7 Å². The van der Waals surface area contributed by atoms with Crippen molar-refractivity contribution < 1.29 is 9.18 Å². The van der Waals surface area contributed by atoms with Crippen LogP contribution < -0.4 is 10.6 Å². The minimum Gasteiger partial charge on any atom is -0.322 e. The van der Waals surface area contributed by atoms with Crippen LogP contribution in [0.15, 0.2) is 36.4 Å². The molecule has 2 N–H and O–H groups in total. The van der Waals surface area contributed by atoms with Gasteiger partial charge < -0.3 is 10.6 Å². The lowest BCUT2D eigenvalue weighted by Gasteiger charge is -2.33. The second-order valence-electron chi connectivity index (χ2n) is 7.15. The van der Waals surface area contributed by atoms with Crippen LogP contribution in [0.25, 0.3) is 0 Å². The van der Waals surface area contributed by atoms with E-state index in [2.05, 4.69) is 33.7 Å². The van der Waals surface area contributed by atoms with Crippen molar-refractivity contribution in [2.24, 2.45) is 0 Å². The number of rotatable bonds is 3. The van der Waals surface area contributed by atoms with Crippen LogP contribution in [0.3, 0.4) is 0 Å². The molecular formula is C21H24FN3O. The molecule has 2 heterocycles. The summed E-state index contributed by atoms with van der Waals surface area (Å²) in [6.45, 7) is 4.94. The normalized spacial score (nSPS) is 17.9. The van der Waals surface area contributed by atoms with Crippen LogP contribution >= 0.6 is 0 Å². The first kappa shape index (κ1) is 17.2. The number of nitrogens with zero attached hydrogens (tertiary/aromatic N) is 1. The molecule has 0 aromatic heterocycles. The second-order valence-corrected chi connectivity index (χ2v) is 7.15. The van der Waals surface area contributed by atoms with Crippen molar-refractivity contribution in [3.8, 4) is 0 Å². The highest BCUT2D eigenvalue weighted by Gasteiger charge is 2.26. The van der Waals surface area contributed by atoms with Crippen LogP contribution in [0.2, 0.25) is 0 Å². The van der Waals surface area contributed by atoms with Gasteiger partial charge in [-0.05, 0) is 54.6 Å². The number of halogens is 1. The monoisotopic (exact) mass is 353 g/mol. The van der Waals surface area contributed by atoms with Gasteiger partial charge in [0.25, 0.3) is 0 Å². The maximum atomic E-state index is 14.8. The summed E-state index contributed by atoms with van der Waals surface area (Å²) in [7, 11) is 0. The molecule has 4 rings (SSSR count). The Balaban J connectivity index is 1.47. The average molecular weight is 353 g/mol. The first-order valence-corrected chi connectivity index (χ1v) is 9.26. The lowest BCUT2D eigenvalue weighted by Crippen LogP contribution is -2.44. The molecule has 1 atom stereocenters. The number of carbonyl (C=O) groups excluding carboxylic acids is 1. The van der Waals surface area contributed by atoms with E-state index in [1.165, 1.54) is 11.1 Å². The van der Waals surface area contributed by atoms with E-state index in [0.717, 1.165) is 37.2 Å². The van der Waals surface area contributed by atoms with Crippen LogP contribution in [0, 0.1) is 5.82 Å². The van der Waals surface area contributed by atoms with E-state index in [9.17, 15) is 9.18 Å². The number of carbonyl (C=O) groups is 1. The Morgan fingerprint density at radius 3 is 2.81 bits per heavy atom. The molecule has 2 aromatic rings. The van der Waals surface area contributed by atoms with Gasteiger partial charge in [0.1, 0.15) is 5.82 Å². The molecule has 0 radical (unpaired) electrons. The fourth-order valence-electron chi connectivity index (χ4n) is 3.88. The van der Waals surface area contributed by atoms with Gasteiger partial charge in [-0.3, -0.25) is 9.69 Å². The van der Waals surface area contributed by atoms with Crippen LogP contribution in [-0.4, -0.2) is 29.9 Å². The quantitative estimate of drug-likeness (QED) is 0.892. The molecule has 2 aromatic carbocycles. The Hall–Kier alpha value is -2.24. The fraction of sp³-hybridized carbons (Fsp3) is 0.381. The number of fused-ring (bicyclic) bond motifs is 2. The molecule has 26 heavy (non-hydrogen) atoms. The summed E-state index contributed by atoms with van der Waals surface area (Å²) in [5.74, 6) is -0.439. The van der Waals surface area contributed by atoms with Crippen molar-refractivity contribution in [3.63, 3.8) is 0 Å². The number of nitrogens with one attached hydrogen (secondary N) is 2. The van der Waals surface area contributed by atoms with Gasteiger partial charge in [0.15, 0.2) is 0 Å². The average Bonchev–Trinajstić information content (AvgIpc) is 2.69. The molecule has 0 saturated heterocycles. The molecule has 0 fully saturated rings. The number of hydrogen-bond acceptors (Lipinski definition) is 3. The van der Waals surface area contributed by atoms with Crippen molar-refractivity contribution in [3.05, 3.63) is 64.5 Å². The van der Waals surface area contributed by atoms with E-state index in [1.807, 2.05) is 19.1 Å². The van der Waals surface area contributed by atoms with Crippen molar-refractivity contribution >= 4 is 11.6 Å². The number of hydrogen-bond donors (Lipinski definition) is 2. The highest BCUT2D eigenvalue weighted by atomic mass is 19.1. The predicted molar refractivity (Wildman–Crippen MR) is 100 cm³/mol. The van der Waals surface area contributed by atoms with Gasteiger partial charge in [-0.1, -0.05) is 30.3 Å². The molecule has 0 bridgehead atoms. The van der Waals surface area contributed by atoms with E-state index < -0.39 is 0 Å². The Labute approximate surface area is 153 Å². The lowest BCUT2D eigenvalue weighted by molar-refractivity contribution is -0.121. The van der Waals surface area contributed by atoms with Crippen LogP contribution in [0.1, 0.15) is 29.2 Å². The number of anilines is 1. The Morgan fingerprint density at radius 1 is 1.15 bits per heavy atom. The van der Waals surface area contributed by atoms with Crippen molar-refractivity contribution in [2.75, 3.05) is 18.4 Å². The summed E-state index contributed by atoms with van der Waals surface area (Å²) in [5, 5.41) is 6.04. The van der Waals surface area contributed by atoms with Gasteiger partial charge in [0.2, 0.25) is 5.91 Å². The maximum absolute atomic E-state index is 14.8. The molecule has 136 valence electrons. The molecule has 0 spiro atoms. The Bertz CT molecular complexity index is 836. The highest BCUT2D eigenvalue weighted by molar-refractivity contribution is 5.94. The van der Waals surface area contributed by atoms with Gasteiger partial charge in [-0.25, -0.2) is 4.39 Å². The minimum absolute atomic E-state index is 0.155. The lowest BCUT2D eigenvalue weighted by atomic mass is 9.98. The van der Waals surface area contributed by atoms with Gasteiger partial charge >= 0.3 is 0 Å².